The van der Waals surface area contributed by atoms with E-state index in [1.54, 1.807) is 7.11 Å². The molecule has 4 aliphatic carbocycles. The number of rotatable bonds is 1. The van der Waals surface area contributed by atoms with Crippen LogP contribution in [0, 0.1) is 44.8 Å². The van der Waals surface area contributed by atoms with E-state index >= 15 is 0 Å². The van der Waals surface area contributed by atoms with Crippen molar-refractivity contribution in [2.75, 3.05) is 7.11 Å². The van der Waals surface area contributed by atoms with Crippen LogP contribution in [0.3, 0.4) is 0 Å². The lowest BCUT2D eigenvalue weighted by Gasteiger charge is -2.66. The molecule has 8 atom stereocenters. The minimum Gasteiger partial charge on any atom is -0.469 e. The van der Waals surface area contributed by atoms with Gasteiger partial charge in [-0.3, -0.25) is 4.79 Å². The Kier molecular flexibility index (Phi) is 7.17. The van der Waals surface area contributed by atoms with Gasteiger partial charge in [0.1, 0.15) is 0 Å². The van der Waals surface area contributed by atoms with Crippen LogP contribution >= 0.6 is 22.6 Å². The second kappa shape index (κ2) is 8.99. The molecule has 4 aliphatic rings. The molecule has 3 fully saturated rings. The lowest BCUT2D eigenvalue weighted by molar-refractivity contribution is -0.176. The molecule has 0 aromatic heterocycles. The number of esters is 1. The molecule has 0 radical (unpaired) electrons. The first-order valence-corrected chi connectivity index (χ1v) is 15.3. The Morgan fingerprint density at radius 3 is 2.23 bits per heavy atom. The standard InChI is InChI=1S/C31H51IO3/c1-26(2)16-18-31(25(34)35-8)19-17-30(7,32)29(6)15-12-22-27(3,4)24(33)13-14-28(22,5)23(29)11-9-10-21(31)20-26/h9-10,21-24,33H,11-20H2,1-8H3/b10-9+/t21-,22?,23?,24+,28+,29-,30+,31+/m1/s1. The van der Waals surface area contributed by atoms with E-state index in [-0.39, 0.29) is 43.1 Å². The molecular formula is C31H51IO3. The van der Waals surface area contributed by atoms with Crippen molar-refractivity contribution in [2.24, 2.45) is 44.8 Å². The number of halogens is 1. The van der Waals surface area contributed by atoms with Crippen LogP contribution in [0.5, 0.6) is 0 Å². The van der Waals surface area contributed by atoms with E-state index < -0.39 is 5.41 Å². The summed E-state index contributed by atoms with van der Waals surface area (Å²) in [7, 11) is 1.58. The van der Waals surface area contributed by atoms with Crippen LogP contribution in [0.25, 0.3) is 0 Å². The number of methoxy groups -OCH3 is 1. The summed E-state index contributed by atoms with van der Waals surface area (Å²) in [6.45, 7) is 17.0. The van der Waals surface area contributed by atoms with Crippen LogP contribution in [0.2, 0.25) is 0 Å². The molecule has 4 heteroatoms. The third-order valence-corrected chi connectivity index (χ3v) is 14.1. The van der Waals surface area contributed by atoms with Gasteiger partial charge in [0.25, 0.3) is 0 Å². The first-order chi connectivity index (χ1) is 16.1. The molecule has 0 bridgehead atoms. The Morgan fingerprint density at radius 2 is 1.57 bits per heavy atom. The largest absolute Gasteiger partial charge is 0.469 e. The fourth-order valence-electron chi connectivity index (χ4n) is 9.58. The highest BCUT2D eigenvalue weighted by Crippen LogP contribution is 2.69. The zero-order chi connectivity index (χ0) is 26.1. The SMILES string of the molecule is COC(=O)[C@]12CCC(C)(C)C[C@H]1/C=C/CC1[C@@]3(C)CC[C@H](O)C(C)(C)C3CC[C@@]1(C)[C@@](C)(I)CC2. The predicted octanol–water partition coefficient (Wildman–Crippen LogP) is 8.13. The number of allylic oxidation sites excluding steroid dienone is 2. The maximum Gasteiger partial charge on any atom is 0.312 e. The quantitative estimate of drug-likeness (QED) is 0.144. The van der Waals surface area contributed by atoms with Crippen LogP contribution in [0.15, 0.2) is 12.2 Å². The van der Waals surface area contributed by atoms with Gasteiger partial charge < -0.3 is 9.84 Å². The van der Waals surface area contributed by atoms with Crippen molar-refractivity contribution in [1.29, 1.82) is 0 Å². The van der Waals surface area contributed by atoms with Gasteiger partial charge in [-0.1, -0.05) is 83.2 Å². The molecule has 0 aromatic rings. The Labute approximate surface area is 228 Å². The van der Waals surface area contributed by atoms with Crippen LogP contribution in [-0.4, -0.2) is 27.7 Å². The summed E-state index contributed by atoms with van der Waals surface area (Å²) in [5.41, 5.74) is 0.220. The minimum absolute atomic E-state index is 0.0100. The molecule has 0 spiro atoms. The molecule has 0 amide bonds. The third-order valence-electron chi connectivity index (χ3n) is 12.3. The van der Waals surface area contributed by atoms with Gasteiger partial charge in [0.05, 0.1) is 18.6 Å². The lowest BCUT2D eigenvalue weighted by atomic mass is 9.40. The predicted molar refractivity (Wildman–Crippen MR) is 152 cm³/mol. The first kappa shape index (κ1) is 27.9. The Bertz CT molecular complexity index is 859. The van der Waals surface area contributed by atoms with Crippen molar-refractivity contribution < 1.29 is 14.6 Å². The molecule has 3 saturated carbocycles. The number of alkyl halides is 1. The number of ether oxygens (including phenoxy) is 1. The highest BCUT2D eigenvalue weighted by atomic mass is 127. The van der Waals surface area contributed by atoms with Crippen LogP contribution in [0.4, 0.5) is 0 Å². The molecule has 3 nitrogen and oxygen atoms in total. The van der Waals surface area contributed by atoms with Gasteiger partial charge in [-0.15, -0.1) is 0 Å². The van der Waals surface area contributed by atoms with E-state index in [1.807, 2.05) is 0 Å². The third kappa shape index (κ3) is 4.27. The lowest BCUT2D eigenvalue weighted by Crippen LogP contribution is -2.62. The van der Waals surface area contributed by atoms with Gasteiger partial charge in [-0.25, -0.2) is 0 Å². The van der Waals surface area contributed by atoms with Gasteiger partial charge in [0.15, 0.2) is 0 Å². The zero-order valence-electron chi connectivity index (χ0n) is 23.7. The number of aliphatic hydroxyl groups excluding tert-OH is 1. The number of fused-ring (bicyclic) bond motifs is 4. The highest BCUT2D eigenvalue weighted by molar-refractivity contribution is 14.1. The van der Waals surface area contributed by atoms with Crippen molar-refractivity contribution in [3.63, 3.8) is 0 Å². The monoisotopic (exact) mass is 598 g/mol. The van der Waals surface area contributed by atoms with Crippen LogP contribution in [-0.2, 0) is 9.53 Å². The van der Waals surface area contributed by atoms with Gasteiger partial charge >= 0.3 is 5.97 Å². The van der Waals surface area contributed by atoms with Crippen LogP contribution in [0.1, 0.15) is 113 Å². The summed E-state index contributed by atoms with van der Waals surface area (Å²) >= 11 is 2.78. The second-order valence-corrected chi connectivity index (χ2v) is 17.3. The molecule has 0 saturated heterocycles. The highest BCUT2D eigenvalue weighted by Gasteiger charge is 2.64. The molecule has 200 valence electrons. The Hall–Kier alpha value is -0.100. The number of hydrogen-bond donors (Lipinski definition) is 1. The molecule has 35 heavy (non-hydrogen) atoms. The van der Waals surface area contributed by atoms with Crippen molar-refractivity contribution >= 4 is 28.6 Å². The van der Waals surface area contributed by atoms with Gasteiger partial charge in [0.2, 0.25) is 0 Å². The molecule has 2 unspecified atom stereocenters. The summed E-state index contributed by atoms with van der Waals surface area (Å²) in [6, 6.07) is 0. The second-order valence-electron chi connectivity index (χ2n) is 14.9. The Balaban J connectivity index is 1.79. The minimum atomic E-state index is -0.394. The zero-order valence-corrected chi connectivity index (χ0v) is 25.8. The summed E-state index contributed by atoms with van der Waals surface area (Å²) in [5, 5.41) is 11.0. The average Bonchev–Trinajstić information content (AvgIpc) is 2.76. The number of carbonyl (C=O) groups excluding carboxylic acids is 1. The Morgan fingerprint density at radius 1 is 0.914 bits per heavy atom. The molecule has 1 N–H and O–H groups in total. The normalized spacial score (nSPS) is 50.1. The summed E-state index contributed by atoms with van der Waals surface area (Å²) in [5.74, 6) is 1.37. The summed E-state index contributed by atoms with van der Waals surface area (Å²) < 4.78 is 5.60. The van der Waals surface area contributed by atoms with Crippen molar-refractivity contribution in [3.8, 4) is 0 Å². The molecule has 0 heterocycles. The van der Waals surface area contributed by atoms with E-state index in [0.29, 0.717) is 11.8 Å². The van der Waals surface area contributed by atoms with E-state index in [1.165, 1.54) is 12.8 Å². The molecular weight excluding hydrogens is 547 g/mol. The number of aliphatic hydroxyl groups is 1. The molecule has 0 aromatic carbocycles. The summed E-state index contributed by atoms with van der Waals surface area (Å²) in [6.07, 6.45) is 15.2. The molecule has 4 rings (SSSR count). The first-order valence-electron chi connectivity index (χ1n) is 14.2. The molecule has 0 aliphatic heterocycles. The van der Waals surface area contributed by atoms with Crippen molar-refractivity contribution in [2.45, 2.75) is 122 Å². The van der Waals surface area contributed by atoms with Crippen LogP contribution < -0.4 is 0 Å². The smallest absolute Gasteiger partial charge is 0.312 e. The number of hydrogen-bond acceptors (Lipinski definition) is 3. The van der Waals surface area contributed by atoms with E-state index in [0.717, 1.165) is 51.4 Å². The number of carbonyl (C=O) groups is 1. The topological polar surface area (TPSA) is 46.5 Å². The van der Waals surface area contributed by atoms with Gasteiger partial charge in [0, 0.05) is 3.42 Å². The van der Waals surface area contributed by atoms with E-state index in [4.69, 9.17) is 4.74 Å². The van der Waals surface area contributed by atoms with Crippen molar-refractivity contribution in [1.82, 2.24) is 0 Å². The maximum atomic E-state index is 13.4. The van der Waals surface area contributed by atoms with E-state index in [2.05, 4.69) is 83.2 Å². The maximum absolute atomic E-state index is 13.4. The van der Waals surface area contributed by atoms with Gasteiger partial charge in [-0.2, -0.15) is 0 Å². The van der Waals surface area contributed by atoms with Crippen molar-refractivity contribution in [3.05, 3.63) is 12.2 Å². The van der Waals surface area contributed by atoms with E-state index in [9.17, 15) is 9.90 Å². The summed E-state index contributed by atoms with van der Waals surface area (Å²) in [4.78, 5) is 13.4. The fourth-order valence-corrected chi connectivity index (χ4v) is 10.5. The van der Waals surface area contributed by atoms with Gasteiger partial charge in [-0.05, 0) is 104 Å². The average molecular weight is 599 g/mol. The fraction of sp³-hybridized carbons (Fsp3) is 0.903.